The van der Waals surface area contributed by atoms with Crippen LogP contribution in [0.4, 0.5) is 0 Å². The number of nitrogens with one attached hydrogen (secondary N) is 1. The first-order valence-corrected chi connectivity index (χ1v) is 9.29. The van der Waals surface area contributed by atoms with E-state index in [-0.39, 0.29) is 6.04 Å². The molecule has 1 aliphatic heterocycles. The molecule has 5 heteroatoms. The monoisotopic (exact) mass is 352 g/mol. The highest BCUT2D eigenvalue weighted by Crippen LogP contribution is 2.42. The number of benzene rings is 1. The van der Waals surface area contributed by atoms with Gasteiger partial charge < -0.3 is 14.8 Å². The van der Waals surface area contributed by atoms with Gasteiger partial charge >= 0.3 is 0 Å². The minimum Gasteiger partial charge on any atom is -0.485 e. The molecule has 0 saturated carbocycles. The molecule has 25 heavy (non-hydrogen) atoms. The average Bonchev–Trinajstić information content (AvgIpc) is 3.11. The Hall–Kier alpha value is -2.37. The summed E-state index contributed by atoms with van der Waals surface area (Å²) < 4.78 is 11.4. The lowest BCUT2D eigenvalue weighted by molar-refractivity contribution is 0.171. The van der Waals surface area contributed by atoms with Crippen molar-refractivity contribution in [2.24, 2.45) is 0 Å². The van der Waals surface area contributed by atoms with Crippen molar-refractivity contribution in [3.8, 4) is 22.6 Å². The van der Waals surface area contributed by atoms with Crippen LogP contribution in [0.25, 0.3) is 11.1 Å². The minimum atomic E-state index is 0.206. The zero-order chi connectivity index (χ0) is 17.1. The SMILES string of the molecule is CC(NCc1cccc(-c2cccnc2)c1)c1scc2c1OCCO2. The number of thiophene rings is 1. The standard InChI is InChI=1S/C20H20N2O2S/c1-14(20-19-18(13-25-20)23-8-9-24-19)22-11-15-4-2-5-16(10-15)17-6-3-7-21-12-17/h2-7,10,12-14,22H,8-9,11H2,1H3. The molecule has 1 aromatic carbocycles. The summed E-state index contributed by atoms with van der Waals surface area (Å²) in [5.74, 6) is 1.78. The number of nitrogens with zero attached hydrogens (tertiary/aromatic N) is 1. The van der Waals surface area contributed by atoms with Crippen molar-refractivity contribution in [1.82, 2.24) is 10.3 Å². The Bertz CT molecular complexity index is 848. The second-order valence-electron chi connectivity index (χ2n) is 6.03. The third-order valence-electron chi connectivity index (χ3n) is 4.26. The van der Waals surface area contributed by atoms with Gasteiger partial charge in [-0.15, -0.1) is 11.3 Å². The Morgan fingerprint density at radius 2 is 2.04 bits per heavy atom. The van der Waals surface area contributed by atoms with Crippen LogP contribution in [0.15, 0.2) is 54.2 Å². The second-order valence-corrected chi connectivity index (χ2v) is 6.95. The van der Waals surface area contributed by atoms with E-state index in [4.69, 9.17) is 9.47 Å². The third kappa shape index (κ3) is 3.52. The van der Waals surface area contributed by atoms with Crippen molar-refractivity contribution in [1.29, 1.82) is 0 Å². The molecule has 0 saturated heterocycles. The number of hydrogen-bond donors (Lipinski definition) is 1. The molecule has 1 unspecified atom stereocenters. The van der Waals surface area contributed by atoms with E-state index in [1.807, 2.05) is 17.6 Å². The summed E-state index contributed by atoms with van der Waals surface area (Å²) in [6, 6.07) is 12.8. The minimum absolute atomic E-state index is 0.206. The van der Waals surface area contributed by atoms with Crippen LogP contribution in [-0.2, 0) is 6.54 Å². The van der Waals surface area contributed by atoms with Gasteiger partial charge in [0.2, 0.25) is 0 Å². The fourth-order valence-corrected chi connectivity index (χ4v) is 3.90. The number of ether oxygens (including phenoxy) is 2. The third-order valence-corrected chi connectivity index (χ3v) is 5.38. The Labute approximate surface area is 151 Å². The number of aromatic nitrogens is 1. The fraction of sp³-hybridized carbons (Fsp3) is 0.250. The van der Waals surface area contributed by atoms with E-state index in [1.165, 1.54) is 16.0 Å². The van der Waals surface area contributed by atoms with Gasteiger partial charge in [0.25, 0.3) is 0 Å². The van der Waals surface area contributed by atoms with Crippen LogP contribution in [0.5, 0.6) is 11.5 Å². The lowest BCUT2D eigenvalue weighted by Crippen LogP contribution is -2.20. The molecule has 1 aliphatic rings. The molecule has 128 valence electrons. The first-order valence-electron chi connectivity index (χ1n) is 8.41. The van der Waals surface area contributed by atoms with Crippen molar-refractivity contribution in [2.75, 3.05) is 13.2 Å². The molecule has 1 atom stereocenters. The summed E-state index contributed by atoms with van der Waals surface area (Å²) in [4.78, 5) is 5.39. The van der Waals surface area contributed by atoms with Crippen LogP contribution in [0.1, 0.15) is 23.4 Å². The summed E-state index contributed by atoms with van der Waals surface area (Å²) >= 11 is 1.69. The molecular weight excluding hydrogens is 332 g/mol. The average molecular weight is 352 g/mol. The normalized spacial score (nSPS) is 14.3. The number of pyridine rings is 1. The van der Waals surface area contributed by atoms with Gasteiger partial charge in [-0.1, -0.05) is 24.3 Å². The maximum absolute atomic E-state index is 5.78. The van der Waals surface area contributed by atoms with Gasteiger partial charge in [0.05, 0.1) is 4.88 Å². The number of hydrogen-bond acceptors (Lipinski definition) is 5. The Balaban J connectivity index is 1.45. The molecule has 4 nitrogen and oxygen atoms in total. The van der Waals surface area contributed by atoms with Gasteiger partial charge in [-0.3, -0.25) is 4.98 Å². The first kappa shape index (κ1) is 16.1. The van der Waals surface area contributed by atoms with Crippen molar-refractivity contribution >= 4 is 11.3 Å². The second kappa shape index (κ2) is 7.25. The zero-order valence-electron chi connectivity index (χ0n) is 14.1. The van der Waals surface area contributed by atoms with E-state index in [0.29, 0.717) is 13.2 Å². The molecule has 0 spiro atoms. The van der Waals surface area contributed by atoms with Gasteiger partial charge in [-0.2, -0.15) is 0 Å². The molecule has 1 N–H and O–H groups in total. The Kier molecular flexibility index (Phi) is 4.68. The van der Waals surface area contributed by atoms with E-state index in [2.05, 4.69) is 47.6 Å². The van der Waals surface area contributed by atoms with Crippen LogP contribution in [-0.4, -0.2) is 18.2 Å². The number of fused-ring (bicyclic) bond motifs is 1. The molecular formula is C20H20N2O2S. The summed E-state index contributed by atoms with van der Waals surface area (Å²) in [6.45, 7) is 4.21. The topological polar surface area (TPSA) is 43.4 Å². The van der Waals surface area contributed by atoms with E-state index < -0.39 is 0 Å². The lowest BCUT2D eigenvalue weighted by atomic mass is 10.0. The molecule has 4 rings (SSSR count). The van der Waals surface area contributed by atoms with Crippen molar-refractivity contribution in [3.63, 3.8) is 0 Å². The molecule has 0 amide bonds. The van der Waals surface area contributed by atoms with E-state index in [0.717, 1.165) is 23.6 Å². The highest BCUT2D eigenvalue weighted by Gasteiger charge is 2.22. The Morgan fingerprint density at radius 1 is 1.16 bits per heavy atom. The first-order chi connectivity index (χ1) is 12.3. The van der Waals surface area contributed by atoms with Crippen LogP contribution in [0.2, 0.25) is 0 Å². The predicted octanol–water partition coefficient (Wildman–Crippen LogP) is 4.43. The van der Waals surface area contributed by atoms with E-state index in [9.17, 15) is 0 Å². The quantitative estimate of drug-likeness (QED) is 0.738. The highest BCUT2D eigenvalue weighted by atomic mass is 32.1. The van der Waals surface area contributed by atoms with Crippen LogP contribution in [0, 0.1) is 0 Å². The molecule has 0 bridgehead atoms. The number of rotatable bonds is 5. The maximum atomic E-state index is 5.78. The molecule has 2 aromatic heterocycles. The fourth-order valence-electron chi connectivity index (χ4n) is 2.94. The van der Waals surface area contributed by atoms with Crippen molar-refractivity contribution in [2.45, 2.75) is 19.5 Å². The molecule has 0 radical (unpaired) electrons. The zero-order valence-corrected chi connectivity index (χ0v) is 14.9. The van der Waals surface area contributed by atoms with E-state index >= 15 is 0 Å². The predicted molar refractivity (Wildman–Crippen MR) is 100 cm³/mol. The highest BCUT2D eigenvalue weighted by molar-refractivity contribution is 7.10. The molecule has 0 aliphatic carbocycles. The van der Waals surface area contributed by atoms with Crippen molar-refractivity contribution < 1.29 is 9.47 Å². The van der Waals surface area contributed by atoms with Gasteiger partial charge in [-0.25, -0.2) is 0 Å². The van der Waals surface area contributed by atoms with Gasteiger partial charge in [0.1, 0.15) is 13.2 Å². The summed E-state index contributed by atoms with van der Waals surface area (Å²) in [7, 11) is 0. The van der Waals surface area contributed by atoms with Crippen LogP contribution >= 0.6 is 11.3 Å². The molecule has 3 aromatic rings. The van der Waals surface area contributed by atoms with Gasteiger partial charge in [-0.05, 0) is 35.7 Å². The molecule has 3 heterocycles. The summed E-state index contributed by atoms with van der Waals surface area (Å²) in [6.07, 6.45) is 3.69. The van der Waals surface area contributed by atoms with Gasteiger partial charge in [0, 0.05) is 30.4 Å². The van der Waals surface area contributed by atoms with Crippen LogP contribution < -0.4 is 14.8 Å². The summed E-state index contributed by atoms with van der Waals surface area (Å²) in [5.41, 5.74) is 3.57. The van der Waals surface area contributed by atoms with Crippen LogP contribution in [0.3, 0.4) is 0 Å². The maximum Gasteiger partial charge on any atom is 0.176 e. The lowest BCUT2D eigenvalue weighted by Gasteiger charge is -2.19. The van der Waals surface area contributed by atoms with E-state index in [1.54, 1.807) is 17.5 Å². The van der Waals surface area contributed by atoms with Gasteiger partial charge in [0.15, 0.2) is 11.5 Å². The Morgan fingerprint density at radius 3 is 2.92 bits per heavy atom. The largest absolute Gasteiger partial charge is 0.485 e. The molecule has 0 fully saturated rings. The smallest absolute Gasteiger partial charge is 0.176 e. The summed E-state index contributed by atoms with van der Waals surface area (Å²) in [5, 5.41) is 5.62. The van der Waals surface area contributed by atoms with Crippen molar-refractivity contribution in [3.05, 3.63) is 64.6 Å².